The van der Waals surface area contributed by atoms with Crippen LogP contribution >= 0.6 is 11.3 Å². The molecule has 0 aliphatic rings. The molecule has 5 heteroatoms. The molecule has 0 radical (unpaired) electrons. The maximum atomic E-state index is 5.63. The van der Waals surface area contributed by atoms with Gasteiger partial charge in [-0.15, -0.1) is 11.3 Å². The van der Waals surface area contributed by atoms with Crippen LogP contribution in [0.5, 0.6) is 0 Å². The molecule has 1 aromatic rings. The lowest BCUT2D eigenvalue weighted by atomic mass is 10.2. The molecule has 1 heterocycles. The molecule has 4 nitrogen and oxygen atoms in total. The summed E-state index contributed by atoms with van der Waals surface area (Å²) in [5.41, 5.74) is 5.63. The van der Waals surface area contributed by atoms with Gasteiger partial charge in [0.1, 0.15) is 5.01 Å². The lowest BCUT2D eigenvalue weighted by Gasteiger charge is -2.16. The van der Waals surface area contributed by atoms with Crippen LogP contribution in [0.3, 0.4) is 0 Å². The minimum Gasteiger partial charge on any atom is -0.377 e. The molecule has 0 aromatic carbocycles. The lowest BCUT2D eigenvalue weighted by molar-refractivity contribution is 0.0627. The summed E-state index contributed by atoms with van der Waals surface area (Å²) in [6.07, 6.45) is 3.03. The Hall–Kier alpha value is -0.490. The van der Waals surface area contributed by atoms with Gasteiger partial charge in [-0.1, -0.05) is 0 Å². The van der Waals surface area contributed by atoms with E-state index in [2.05, 4.69) is 24.1 Å². The Morgan fingerprint density at radius 1 is 1.59 bits per heavy atom. The summed E-state index contributed by atoms with van der Waals surface area (Å²) < 4.78 is 5.50. The average Bonchev–Trinajstić information content (AvgIpc) is 2.74. The Morgan fingerprint density at radius 2 is 2.35 bits per heavy atom. The highest BCUT2D eigenvalue weighted by Crippen LogP contribution is 2.18. The van der Waals surface area contributed by atoms with Crippen LogP contribution in [0.4, 0.5) is 0 Å². The Kier molecular flexibility index (Phi) is 6.65. The Bertz CT molecular complexity index is 316. The second-order valence-corrected chi connectivity index (χ2v) is 5.35. The third-order valence-electron chi connectivity index (χ3n) is 2.59. The zero-order chi connectivity index (χ0) is 12.7. The fraction of sp³-hybridized carbons (Fsp3) is 0.750. The monoisotopic (exact) mass is 257 g/mol. The molecular formula is C12H23N3OS. The van der Waals surface area contributed by atoms with Crippen LogP contribution in [0.2, 0.25) is 0 Å². The smallest absolute Gasteiger partial charge is 0.109 e. The minimum absolute atomic E-state index is 0.165. The highest BCUT2D eigenvalue weighted by molar-refractivity contribution is 7.11. The van der Waals surface area contributed by atoms with Crippen LogP contribution in [0, 0.1) is 6.92 Å². The maximum Gasteiger partial charge on any atom is 0.109 e. The molecule has 0 aliphatic heterocycles. The van der Waals surface area contributed by atoms with Crippen LogP contribution in [0.15, 0.2) is 6.20 Å². The number of rotatable bonds is 8. The molecule has 0 bridgehead atoms. The quantitative estimate of drug-likeness (QED) is 0.746. The minimum atomic E-state index is 0.165. The number of nitrogens with one attached hydrogen (secondary N) is 1. The second-order valence-electron chi connectivity index (χ2n) is 4.09. The van der Waals surface area contributed by atoms with E-state index in [-0.39, 0.29) is 6.10 Å². The van der Waals surface area contributed by atoms with Crippen molar-refractivity contribution in [1.82, 2.24) is 10.3 Å². The largest absolute Gasteiger partial charge is 0.377 e. The van der Waals surface area contributed by atoms with Gasteiger partial charge >= 0.3 is 0 Å². The SMILES string of the molecule is CCOC(CN)CCNC(C)c1ncc(C)s1. The molecule has 0 fully saturated rings. The van der Waals surface area contributed by atoms with Crippen LogP contribution in [0.1, 0.15) is 36.2 Å². The number of aromatic nitrogens is 1. The molecule has 98 valence electrons. The van der Waals surface area contributed by atoms with E-state index in [1.54, 1.807) is 11.3 Å². The molecule has 0 saturated heterocycles. The van der Waals surface area contributed by atoms with E-state index in [0.29, 0.717) is 12.6 Å². The summed E-state index contributed by atoms with van der Waals surface area (Å²) in [5.74, 6) is 0. The number of nitrogens with two attached hydrogens (primary N) is 1. The first-order valence-electron chi connectivity index (χ1n) is 6.14. The molecule has 3 N–H and O–H groups in total. The van der Waals surface area contributed by atoms with Crippen molar-refractivity contribution in [2.24, 2.45) is 5.73 Å². The van der Waals surface area contributed by atoms with Crippen LogP contribution < -0.4 is 11.1 Å². The predicted molar refractivity (Wildman–Crippen MR) is 72.4 cm³/mol. The van der Waals surface area contributed by atoms with Gasteiger partial charge in [-0.25, -0.2) is 4.98 Å². The Morgan fingerprint density at radius 3 is 2.88 bits per heavy atom. The third kappa shape index (κ3) is 5.12. The van der Waals surface area contributed by atoms with E-state index >= 15 is 0 Å². The third-order valence-corrected chi connectivity index (χ3v) is 3.69. The first kappa shape index (κ1) is 14.6. The molecule has 0 spiro atoms. The van der Waals surface area contributed by atoms with Crippen molar-refractivity contribution in [3.63, 3.8) is 0 Å². The van der Waals surface area contributed by atoms with Crippen LogP contribution in [0.25, 0.3) is 0 Å². The zero-order valence-corrected chi connectivity index (χ0v) is 11.7. The number of hydrogen-bond acceptors (Lipinski definition) is 5. The van der Waals surface area contributed by atoms with Gasteiger partial charge in [0.2, 0.25) is 0 Å². The van der Waals surface area contributed by atoms with Crippen molar-refractivity contribution in [3.05, 3.63) is 16.1 Å². The summed E-state index contributed by atoms with van der Waals surface area (Å²) >= 11 is 1.74. The zero-order valence-electron chi connectivity index (χ0n) is 10.9. The number of ether oxygens (including phenoxy) is 1. The Labute approximate surface area is 108 Å². The standard InChI is InChI=1S/C12H23N3OS/c1-4-16-11(7-13)5-6-14-10(3)12-15-8-9(2)17-12/h8,10-11,14H,4-7,13H2,1-3H3. The van der Waals surface area contributed by atoms with Crippen molar-refractivity contribution in [3.8, 4) is 0 Å². The van der Waals surface area contributed by atoms with Crippen molar-refractivity contribution >= 4 is 11.3 Å². The summed E-state index contributed by atoms with van der Waals surface area (Å²) in [5, 5.41) is 4.59. The van der Waals surface area contributed by atoms with E-state index in [9.17, 15) is 0 Å². The van der Waals surface area contributed by atoms with Crippen molar-refractivity contribution in [1.29, 1.82) is 0 Å². The van der Waals surface area contributed by atoms with Gasteiger partial charge in [-0.3, -0.25) is 0 Å². The van der Waals surface area contributed by atoms with Gasteiger partial charge in [0, 0.05) is 24.2 Å². The van der Waals surface area contributed by atoms with E-state index in [4.69, 9.17) is 10.5 Å². The van der Waals surface area contributed by atoms with Crippen molar-refractivity contribution in [2.75, 3.05) is 19.7 Å². The average molecular weight is 257 g/mol. The van der Waals surface area contributed by atoms with Gasteiger partial charge in [0.25, 0.3) is 0 Å². The molecule has 0 aliphatic carbocycles. The molecule has 0 amide bonds. The first-order chi connectivity index (χ1) is 8.17. The highest BCUT2D eigenvalue weighted by Gasteiger charge is 2.10. The van der Waals surface area contributed by atoms with E-state index in [1.165, 1.54) is 4.88 Å². The molecule has 2 atom stereocenters. The number of nitrogens with zero attached hydrogens (tertiary/aromatic N) is 1. The van der Waals surface area contributed by atoms with E-state index < -0.39 is 0 Å². The van der Waals surface area contributed by atoms with Gasteiger partial charge in [-0.05, 0) is 33.7 Å². The molecule has 0 saturated carbocycles. The summed E-state index contributed by atoms with van der Waals surface area (Å²) in [6, 6.07) is 0.300. The molecule has 1 aromatic heterocycles. The molecule has 2 unspecified atom stereocenters. The van der Waals surface area contributed by atoms with E-state index in [1.807, 2.05) is 13.1 Å². The summed E-state index contributed by atoms with van der Waals surface area (Å²) in [6.45, 7) is 8.42. The molecular weight excluding hydrogens is 234 g/mol. The number of thiazole rings is 1. The first-order valence-corrected chi connectivity index (χ1v) is 6.96. The van der Waals surface area contributed by atoms with E-state index in [0.717, 1.165) is 24.6 Å². The highest BCUT2D eigenvalue weighted by atomic mass is 32.1. The predicted octanol–water partition coefficient (Wildman–Crippen LogP) is 1.86. The van der Waals surface area contributed by atoms with Gasteiger partial charge in [-0.2, -0.15) is 0 Å². The second kappa shape index (κ2) is 7.76. The lowest BCUT2D eigenvalue weighted by Crippen LogP contribution is -2.29. The van der Waals surface area contributed by atoms with Gasteiger partial charge in [0.05, 0.1) is 12.1 Å². The normalized spacial score (nSPS) is 14.8. The molecule has 17 heavy (non-hydrogen) atoms. The fourth-order valence-corrected chi connectivity index (χ4v) is 2.43. The van der Waals surface area contributed by atoms with Gasteiger partial charge in [0.15, 0.2) is 0 Å². The van der Waals surface area contributed by atoms with Crippen LogP contribution in [-0.2, 0) is 4.74 Å². The summed E-state index contributed by atoms with van der Waals surface area (Å²) in [4.78, 5) is 5.62. The fourth-order valence-electron chi connectivity index (χ4n) is 1.63. The number of aryl methyl sites for hydroxylation is 1. The summed E-state index contributed by atoms with van der Waals surface area (Å²) in [7, 11) is 0. The van der Waals surface area contributed by atoms with Crippen LogP contribution in [-0.4, -0.2) is 30.8 Å². The molecule has 1 rings (SSSR count). The van der Waals surface area contributed by atoms with Gasteiger partial charge < -0.3 is 15.8 Å². The topological polar surface area (TPSA) is 60.2 Å². The van der Waals surface area contributed by atoms with Crippen molar-refractivity contribution in [2.45, 2.75) is 39.3 Å². The Balaban J connectivity index is 2.26. The van der Waals surface area contributed by atoms with Crippen molar-refractivity contribution < 1.29 is 4.74 Å². The number of hydrogen-bond donors (Lipinski definition) is 2. The maximum absolute atomic E-state index is 5.63.